The van der Waals surface area contributed by atoms with Crippen LogP contribution in [0.25, 0.3) is 21.8 Å². The van der Waals surface area contributed by atoms with Gasteiger partial charge in [-0.15, -0.1) is 0 Å². The van der Waals surface area contributed by atoms with Crippen molar-refractivity contribution >= 4 is 39.3 Å². The Morgan fingerprint density at radius 3 is 2.83 bits per heavy atom. The summed E-state index contributed by atoms with van der Waals surface area (Å²) < 4.78 is 0. The van der Waals surface area contributed by atoms with Crippen molar-refractivity contribution in [2.75, 3.05) is 6.54 Å². The number of carbonyl (C=O) groups is 1. The van der Waals surface area contributed by atoms with E-state index in [0.29, 0.717) is 41.1 Å². The first-order valence-corrected chi connectivity index (χ1v) is 9.94. The van der Waals surface area contributed by atoms with Crippen molar-refractivity contribution in [3.63, 3.8) is 0 Å². The number of H-pyrrole nitrogens is 2. The van der Waals surface area contributed by atoms with Crippen molar-refractivity contribution in [1.29, 1.82) is 0 Å². The van der Waals surface area contributed by atoms with Crippen molar-refractivity contribution < 1.29 is 4.79 Å². The number of hydrogen-bond acceptors (Lipinski definition) is 3. The largest absolute Gasteiger partial charge is 0.361 e. The zero-order valence-electron chi connectivity index (χ0n) is 16.0. The number of aromatic amines is 2. The van der Waals surface area contributed by atoms with Gasteiger partial charge in [0, 0.05) is 35.1 Å². The van der Waals surface area contributed by atoms with Gasteiger partial charge in [-0.05, 0) is 43.2 Å². The lowest BCUT2D eigenvalue weighted by Crippen LogP contribution is -2.32. The summed E-state index contributed by atoms with van der Waals surface area (Å²) >= 11 is 6.02. The molecule has 0 fully saturated rings. The van der Waals surface area contributed by atoms with Gasteiger partial charge in [0.15, 0.2) is 0 Å². The molecule has 2 heterocycles. The van der Waals surface area contributed by atoms with Crippen LogP contribution >= 0.6 is 11.6 Å². The van der Waals surface area contributed by atoms with Crippen molar-refractivity contribution in [2.24, 2.45) is 0 Å². The van der Waals surface area contributed by atoms with Crippen LogP contribution in [-0.4, -0.2) is 32.3 Å². The first-order chi connectivity index (χ1) is 14.0. The van der Waals surface area contributed by atoms with Crippen molar-refractivity contribution in [3.8, 4) is 0 Å². The van der Waals surface area contributed by atoms with Gasteiger partial charge in [-0.1, -0.05) is 29.8 Å². The third kappa shape index (κ3) is 4.03. The Hall–Kier alpha value is -3.12. The van der Waals surface area contributed by atoms with Crippen LogP contribution < -0.4 is 5.56 Å². The molecule has 29 heavy (non-hydrogen) atoms. The topological polar surface area (TPSA) is 81.8 Å². The van der Waals surface area contributed by atoms with Gasteiger partial charge >= 0.3 is 0 Å². The molecule has 0 saturated carbocycles. The molecule has 2 aromatic carbocycles. The van der Waals surface area contributed by atoms with Crippen LogP contribution in [-0.2, 0) is 17.8 Å². The highest BCUT2D eigenvalue weighted by molar-refractivity contribution is 6.31. The molecule has 0 saturated heterocycles. The Morgan fingerprint density at radius 1 is 1.17 bits per heavy atom. The zero-order chi connectivity index (χ0) is 20.4. The van der Waals surface area contributed by atoms with Crippen molar-refractivity contribution in [3.05, 3.63) is 75.4 Å². The summed E-state index contributed by atoms with van der Waals surface area (Å²) in [6.07, 6.45) is 3.00. The number of amides is 1. The van der Waals surface area contributed by atoms with Gasteiger partial charge < -0.3 is 14.9 Å². The molecule has 0 radical (unpaired) electrons. The third-order valence-corrected chi connectivity index (χ3v) is 5.31. The zero-order valence-corrected chi connectivity index (χ0v) is 16.8. The first-order valence-electron chi connectivity index (χ1n) is 9.56. The van der Waals surface area contributed by atoms with Crippen LogP contribution in [0.15, 0.2) is 53.5 Å². The summed E-state index contributed by atoms with van der Waals surface area (Å²) in [5, 5.41) is 2.14. The minimum atomic E-state index is -0.232. The molecule has 4 aromatic rings. The maximum Gasteiger partial charge on any atom is 0.258 e. The number of aryl methyl sites for hydroxylation is 1. The van der Waals surface area contributed by atoms with Crippen molar-refractivity contribution in [2.45, 2.75) is 26.3 Å². The minimum Gasteiger partial charge on any atom is -0.361 e. The number of fused-ring (bicyclic) bond motifs is 2. The Balaban J connectivity index is 1.49. The fourth-order valence-corrected chi connectivity index (χ4v) is 3.70. The molecule has 7 heteroatoms. The molecule has 0 aliphatic carbocycles. The number of nitrogens with zero attached hydrogens (tertiary/aromatic N) is 2. The SMILES string of the molecule is CCN(Cc1nc2cc(Cl)ccc2c(=O)[nH]1)C(=O)CCc1c[nH]c2ccccc12. The summed E-state index contributed by atoms with van der Waals surface area (Å²) in [5.41, 5.74) is 2.48. The molecule has 1 amide bonds. The fourth-order valence-electron chi connectivity index (χ4n) is 3.53. The van der Waals surface area contributed by atoms with Crippen LogP contribution in [0, 0.1) is 0 Å². The van der Waals surface area contributed by atoms with Gasteiger partial charge in [-0.2, -0.15) is 0 Å². The molecule has 0 aliphatic heterocycles. The number of halogens is 1. The highest BCUT2D eigenvalue weighted by Crippen LogP contribution is 2.20. The normalized spacial score (nSPS) is 11.2. The molecule has 6 nitrogen and oxygen atoms in total. The maximum atomic E-state index is 12.8. The highest BCUT2D eigenvalue weighted by Gasteiger charge is 2.15. The van der Waals surface area contributed by atoms with Crippen LogP contribution in [0.2, 0.25) is 5.02 Å². The number of para-hydroxylation sites is 1. The average molecular weight is 409 g/mol. The highest BCUT2D eigenvalue weighted by atomic mass is 35.5. The van der Waals surface area contributed by atoms with E-state index in [2.05, 4.69) is 21.0 Å². The smallest absolute Gasteiger partial charge is 0.258 e. The van der Waals surface area contributed by atoms with Crippen LogP contribution in [0.5, 0.6) is 0 Å². The quantitative estimate of drug-likeness (QED) is 0.505. The van der Waals surface area contributed by atoms with Gasteiger partial charge in [0.05, 0.1) is 17.4 Å². The van der Waals surface area contributed by atoms with Gasteiger partial charge in [0.2, 0.25) is 5.91 Å². The minimum absolute atomic E-state index is 0.0200. The number of aromatic nitrogens is 3. The summed E-state index contributed by atoms with van der Waals surface area (Å²) in [6.45, 7) is 2.70. The van der Waals surface area contributed by atoms with Gasteiger partial charge in [-0.25, -0.2) is 4.98 Å². The molecule has 0 spiro atoms. The monoisotopic (exact) mass is 408 g/mol. The Morgan fingerprint density at radius 2 is 2.00 bits per heavy atom. The number of nitrogens with one attached hydrogen (secondary N) is 2. The van der Waals surface area contributed by atoms with E-state index in [1.165, 1.54) is 0 Å². The predicted molar refractivity (Wildman–Crippen MR) is 115 cm³/mol. The molecule has 2 aromatic heterocycles. The molecule has 2 N–H and O–H groups in total. The second kappa shape index (κ2) is 8.09. The van der Waals surface area contributed by atoms with Crippen LogP contribution in [0.1, 0.15) is 24.7 Å². The van der Waals surface area contributed by atoms with E-state index >= 15 is 0 Å². The Labute approximate surface area is 172 Å². The predicted octanol–water partition coefficient (Wildman–Crippen LogP) is 4.04. The van der Waals surface area contributed by atoms with Gasteiger partial charge in [0.25, 0.3) is 5.56 Å². The number of benzene rings is 2. The molecule has 0 aliphatic rings. The standard InChI is InChI=1S/C22H21ClN4O2/c1-2-27(13-20-25-19-11-15(23)8-9-17(19)22(29)26-20)21(28)10-7-14-12-24-18-6-4-3-5-16(14)18/h3-6,8-9,11-12,24H,2,7,10,13H2,1H3,(H,25,26,29). The second-order valence-corrected chi connectivity index (χ2v) is 7.38. The summed E-state index contributed by atoms with van der Waals surface area (Å²) in [6, 6.07) is 13.0. The maximum absolute atomic E-state index is 12.8. The van der Waals surface area contributed by atoms with Crippen molar-refractivity contribution in [1.82, 2.24) is 19.9 Å². The number of hydrogen-bond donors (Lipinski definition) is 2. The Kier molecular flexibility index (Phi) is 5.36. The molecular weight excluding hydrogens is 388 g/mol. The van der Waals surface area contributed by atoms with E-state index < -0.39 is 0 Å². The lowest BCUT2D eigenvalue weighted by molar-refractivity contribution is -0.131. The summed E-state index contributed by atoms with van der Waals surface area (Å²) in [4.78, 5) is 37.3. The molecule has 148 valence electrons. The molecule has 0 unspecified atom stereocenters. The summed E-state index contributed by atoms with van der Waals surface area (Å²) in [5.74, 6) is 0.471. The van der Waals surface area contributed by atoms with E-state index in [4.69, 9.17) is 11.6 Å². The van der Waals surface area contributed by atoms with E-state index in [-0.39, 0.29) is 18.0 Å². The number of rotatable bonds is 6. The lowest BCUT2D eigenvalue weighted by atomic mass is 10.1. The molecule has 0 atom stereocenters. The van der Waals surface area contributed by atoms with E-state index in [1.54, 1.807) is 23.1 Å². The fraction of sp³-hybridized carbons (Fsp3) is 0.227. The van der Waals surface area contributed by atoms with Crippen LogP contribution in [0.3, 0.4) is 0 Å². The van der Waals surface area contributed by atoms with Gasteiger partial charge in [0.1, 0.15) is 5.82 Å². The van der Waals surface area contributed by atoms with Gasteiger partial charge in [-0.3, -0.25) is 9.59 Å². The summed E-state index contributed by atoms with van der Waals surface area (Å²) in [7, 11) is 0. The Bertz CT molecular complexity index is 1240. The van der Waals surface area contributed by atoms with E-state index in [1.807, 2.05) is 31.3 Å². The lowest BCUT2D eigenvalue weighted by Gasteiger charge is -2.20. The average Bonchev–Trinajstić information content (AvgIpc) is 3.13. The van der Waals surface area contributed by atoms with E-state index in [0.717, 1.165) is 16.5 Å². The van der Waals surface area contributed by atoms with Crippen LogP contribution in [0.4, 0.5) is 0 Å². The second-order valence-electron chi connectivity index (χ2n) is 6.94. The number of carbonyl (C=O) groups excluding carboxylic acids is 1. The molecule has 0 bridgehead atoms. The van der Waals surface area contributed by atoms with E-state index in [9.17, 15) is 9.59 Å². The first kappa shape index (κ1) is 19.2. The molecular formula is C22H21ClN4O2. The molecule has 4 rings (SSSR count). The third-order valence-electron chi connectivity index (χ3n) is 5.08.